The molecule has 6 heteroatoms. The Balaban J connectivity index is 2.23. The minimum absolute atomic E-state index is 0.00621. The number of nitrogens with zero attached hydrogens (tertiary/aromatic N) is 2. The van der Waals surface area contributed by atoms with Gasteiger partial charge >= 0.3 is 0 Å². The fraction of sp³-hybridized carbons (Fsp3) is 0.500. The molecular weight excluding hydrogens is 258 g/mol. The highest BCUT2D eigenvalue weighted by atomic mass is 16.6. The van der Waals surface area contributed by atoms with Crippen molar-refractivity contribution in [1.82, 2.24) is 0 Å². The van der Waals surface area contributed by atoms with E-state index in [1.165, 1.54) is 18.2 Å². The summed E-state index contributed by atoms with van der Waals surface area (Å²) in [5.41, 5.74) is 0.562. The standard InChI is InChI=1S/C14H17N3O3/c1-14(2)8-11(5-6-20-14)16-12-7-10(9-15)3-4-13(12)17(18)19/h3-4,7,11,16H,5-6,8H2,1-2H3. The summed E-state index contributed by atoms with van der Waals surface area (Å²) in [6.45, 7) is 4.62. The molecule has 0 saturated carbocycles. The van der Waals surface area contributed by atoms with E-state index in [4.69, 9.17) is 10.00 Å². The number of hydrogen-bond acceptors (Lipinski definition) is 5. The topological polar surface area (TPSA) is 88.2 Å². The molecule has 0 amide bonds. The van der Waals surface area contributed by atoms with Gasteiger partial charge in [-0.05, 0) is 38.8 Å². The number of ether oxygens (including phenoxy) is 1. The molecule has 1 N–H and O–H groups in total. The zero-order valence-electron chi connectivity index (χ0n) is 11.5. The molecule has 1 fully saturated rings. The smallest absolute Gasteiger partial charge is 0.292 e. The minimum Gasteiger partial charge on any atom is -0.377 e. The van der Waals surface area contributed by atoms with E-state index >= 15 is 0 Å². The van der Waals surface area contributed by atoms with Crippen molar-refractivity contribution in [1.29, 1.82) is 5.26 Å². The van der Waals surface area contributed by atoms with Gasteiger partial charge in [-0.25, -0.2) is 0 Å². The molecule has 1 aromatic carbocycles. The van der Waals surface area contributed by atoms with Crippen molar-refractivity contribution < 1.29 is 9.66 Å². The van der Waals surface area contributed by atoms with Crippen molar-refractivity contribution in [3.05, 3.63) is 33.9 Å². The predicted molar refractivity (Wildman–Crippen MR) is 74.5 cm³/mol. The lowest BCUT2D eigenvalue weighted by molar-refractivity contribution is -0.384. The molecule has 106 valence electrons. The summed E-state index contributed by atoms with van der Waals surface area (Å²) in [6, 6.07) is 6.45. The Morgan fingerprint density at radius 2 is 2.30 bits per heavy atom. The third-order valence-electron chi connectivity index (χ3n) is 3.38. The Morgan fingerprint density at radius 3 is 2.90 bits per heavy atom. The van der Waals surface area contributed by atoms with E-state index in [0.717, 1.165) is 12.8 Å². The van der Waals surface area contributed by atoms with Gasteiger partial charge in [0.15, 0.2) is 0 Å². The molecule has 1 aromatic rings. The van der Waals surface area contributed by atoms with Crippen LogP contribution in [-0.2, 0) is 4.74 Å². The lowest BCUT2D eigenvalue weighted by atomic mass is 9.93. The van der Waals surface area contributed by atoms with Crippen LogP contribution < -0.4 is 5.32 Å². The largest absolute Gasteiger partial charge is 0.377 e. The molecule has 1 unspecified atom stereocenters. The van der Waals surface area contributed by atoms with Gasteiger partial charge in [-0.3, -0.25) is 10.1 Å². The van der Waals surface area contributed by atoms with Crippen LogP contribution in [0.1, 0.15) is 32.3 Å². The van der Waals surface area contributed by atoms with Gasteiger partial charge in [0.1, 0.15) is 5.69 Å². The van der Waals surface area contributed by atoms with Crippen LogP contribution in [0.15, 0.2) is 18.2 Å². The van der Waals surface area contributed by atoms with E-state index in [1.807, 2.05) is 19.9 Å². The van der Waals surface area contributed by atoms with Gasteiger partial charge in [0, 0.05) is 18.7 Å². The maximum absolute atomic E-state index is 11.0. The molecule has 20 heavy (non-hydrogen) atoms. The number of nitro groups is 1. The van der Waals surface area contributed by atoms with Crippen molar-refractivity contribution >= 4 is 11.4 Å². The van der Waals surface area contributed by atoms with Crippen LogP contribution in [0.3, 0.4) is 0 Å². The molecule has 0 bridgehead atoms. The molecule has 1 aliphatic rings. The number of nitriles is 1. The van der Waals surface area contributed by atoms with Gasteiger partial charge < -0.3 is 10.1 Å². The number of benzene rings is 1. The van der Waals surface area contributed by atoms with Crippen molar-refractivity contribution in [2.24, 2.45) is 0 Å². The number of nitrogens with one attached hydrogen (secondary N) is 1. The SMILES string of the molecule is CC1(C)CC(Nc2cc(C#N)ccc2[N+](=O)[O-])CCO1. The highest BCUT2D eigenvalue weighted by Gasteiger charge is 2.30. The van der Waals surface area contributed by atoms with Crippen LogP contribution in [0.4, 0.5) is 11.4 Å². The van der Waals surface area contributed by atoms with Gasteiger partial charge in [-0.15, -0.1) is 0 Å². The second-order valence-electron chi connectivity index (χ2n) is 5.54. The molecule has 1 heterocycles. The number of rotatable bonds is 3. The average molecular weight is 275 g/mol. The summed E-state index contributed by atoms with van der Waals surface area (Å²) in [7, 11) is 0. The summed E-state index contributed by atoms with van der Waals surface area (Å²) in [6.07, 6.45) is 1.55. The Hall–Kier alpha value is -2.13. The molecule has 1 aliphatic heterocycles. The van der Waals surface area contributed by atoms with Crippen molar-refractivity contribution in [2.45, 2.75) is 38.3 Å². The maximum atomic E-state index is 11.0. The van der Waals surface area contributed by atoms with E-state index in [2.05, 4.69) is 5.32 Å². The van der Waals surface area contributed by atoms with Gasteiger partial charge in [-0.2, -0.15) is 5.26 Å². The number of hydrogen-bond donors (Lipinski definition) is 1. The molecule has 0 spiro atoms. The van der Waals surface area contributed by atoms with Crippen LogP contribution in [-0.4, -0.2) is 23.2 Å². The summed E-state index contributed by atoms with van der Waals surface area (Å²) >= 11 is 0. The number of anilines is 1. The lowest BCUT2D eigenvalue weighted by Crippen LogP contribution is -2.40. The first kappa shape index (κ1) is 14.3. The van der Waals surface area contributed by atoms with Gasteiger partial charge in [0.05, 0.1) is 22.2 Å². The zero-order valence-corrected chi connectivity index (χ0v) is 11.5. The lowest BCUT2D eigenvalue weighted by Gasteiger charge is -2.36. The quantitative estimate of drug-likeness (QED) is 0.676. The van der Waals surface area contributed by atoms with Crippen LogP contribution in [0.25, 0.3) is 0 Å². The number of nitro benzene ring substituents is 1. The summed E-state index contributed by atoms with van der Waals surface area (Å²) in [5, 5.41) is 23.1. The first-order chi connectivity index (χ1) is 9.41. The molecule has 0 aliphatic carbocycles. The molecule has 0 radical (unpaired) electrons. The minimum atomic E-state index is -0.437. The molecule has 1 atom stereocenters. The molecule has 1 saturated heterocycles. The third-order valence-corrected chi connectivity index (χ3v) is 3.38. The Bertz CT molecular complexity index is 563. The Morgan fingerprint density at radius 1 is 1.55 bits per heavy atom. The second-order valence-corrected chi connectivity index (χ2v) is 5.54. The first-order valence-corrected chi connectivity index (χ1v) is 6.50. The van der Waals surface area contributed by atoms with Crippen LogP contribution in [0.5, 0.6) is 0 Å². The summed E-state index contributed by atoms with van der Waals surface area (Å²) < 4.78 is 5.63. The van der Waals surface area contributed by atoms with Crippen LogP contribution in [0.2, 0.25) is 0 Å². The first-order valence-electron chi connectivity index (χ1n) is 6.50. The maximum Gasteiger partial charge on any atom is 0.292 e. The summed E-state index contributed by atoms with van der Waals surface area (Å²) in [5.74, 6) is 0. The normalized spacial score (nSPS) is 20.9. The summed E-state index contributed by atoms with van der Waals surface area (Å²) in [4.78, 5) is 10.6. The van der Waals surface area contributed by atoms with Crippen LogP contribution >= 0.6 is 0 Å². The highest BCUT2D eigenvalue weighted by Crippen LogP contribution is 2.30. The molecular formula is C14H17N3O3. The second kappa shape index (κ2) is 5.47. The van der Waals surface area contributed by atoms with E-state index in [0.29, 0.717) is 17.9 Å². The van der Waals surface area contributed by atoms with E-state index in [-0.39, 0.29) is 17.3 Å². The monoisotopic (exact) mass is 275 g/mol. The fourth-order valence-corrected chi connectivity index (χ4v) is 2.46. The molecule has 0 aromatic heterocycles. The third kappa shape index (κ3) is 3.25. The van der Waals surface area contributed by atoms with E-state index in [9.17, 15) is 10.1 Å². The average Bonchev–Trinajstić information content (AvgIpc) is 2.37. The van der Waals surface area contributed by atoms with Gasteiger partial charge in [-0.1, -0.05) is 0 Å². The van der Waals surface area contributed by atoms with Gasteiger partial charge in [0.25, 0.3) is 5.69 Å². The fourth-order valence-electron chi connectivity index (χ4n) is 2.46. The molecule has 6 nitrogen and oxygen atoms in total. The molecule has 2 rings (SSSR count). The van der Waals surface area contributed by atoms with E-state index in [1.54, 1.807) is 0 Å². The van der Waals surface area contributed by atoms with Gasteiger partial charge in [0.2, 0.25) is 0 Å². The van der Waals surface area contributed by atoms with Crippen molar-refractivity contribution in [3.63, 3.8) is 0 Å². The van der Waals surface area contributed by atoms with Crippen LogP contribution in [0, 0.1) is 21.4 Å². The predicted octanol–water partition coefficient (Wildman–Crippen LogP) is 2.84. The van der Waals surface area contributed by atoms with Crippen molar-refractivity contribution in [2.75, 3.05) is 11.9 Å². The van der Waals surface area contributed by atoms with E-state index < -0.39 is 4.92 Å². The van der Waals surface area contributed by atoms with Crippen molar-refractivity contribution in [3.8, 4) is 6.07 Å². The Labute approximate surface area is 117 Å². The Kier molecular flexibility index (Phi) is 3.91. The highest BCUT2D eigenvalue weighted by molar-refractivity contribution is 5.64. The zero-order chi connectivity index (χ0) is 14.8.